The van der Waals surface area contributed by atoms with Gasteiger partial charge in [0.05, 0.1) is 25.0 Å². The van der Waals surface area contributed by atoms with Crippen molar-refractivity contribution in [3.63, 3.8) is 0 Å². The van der Waals surface area contributed by atoms with Gasteiger partial charge in [-0.2, -0.15) is 0 Å². The summed E-state index contributed by atoms with van der Waals surface area (Å²) < 4.78 is 11.5. The van der Waals surface area contributed by atoms with E-state index in [9.17, 15) is 4.79 Å². The van der Waals surface area contributed by atoms with Gasteiger partial charge >= 0.3 is 0 Å². The van der Waals surface area contributed by atoms with E-state index in [4.69, 9.17) is 20.9 Å². The molecule has 2 aliphatic heterocycles. The minimum atomic E-state index is 0.0390. The Hall–Kier alpha value is -2.68. The zero-order valence-electron chi connectivity index (χ0n) is 15.5. The monoisotopic (exact) mass is 401 g/mol. The van der Waals surface area contributed by atoms with Crippen molar-refractivity contribution >= 4 is 29.3 Å². The van der Waals surface area contributed by atoms with Crippen LogP contribution in [-0.2, 0) is 4.79 Å². The third-order valence-electron chi connectivity index (χ3n) is 4.80. The van der Waals surface area contributed by atoms with Crippen molar-refractivity contribution in [1.82, 2.24) is 14.9 Å². The molecule has 2 aromatic rings. The van der Waals surface area contributed by atoms with E-state index in [2.05, 4.69) is 9.97 Å². The van der Waals surface area contributed by atoms with Gasteiger partial charge in [0.1, 0.15) is 11.6 Å². The number of fused-ring (bicyclic) bond motifs is 1. The van der Waals surface area contributed by atoms with Gasteiger partial charge in [-0.25, -0.2) is 9.97 Å². The molecule has 0 spiro atoms. The Labute approximate surface area is 167 Å². The first-order valence-corrected chi connectivity index (χ1v) is 10.3. The van der Waals surface area contributed by atoms with Gasteiger partial charge in [-0.3, -0.25) is 4.79 Å². The first-order valence-electron chi connectivity index (χ1n) is 9.32. The molecular weight excluding hydrogens is 378 g/mol. The number of amides is 1. The highest BCUT2D eigenvalue weighted by atomic mass is 32.2. The minimum absolute atomic E-state index is 0.0390. The molecule has 1 unspecified atom stereocenters. The predicted octanol–water partition coefficient (Wildman–Crippen LogP) is 2.26. The van der Waals surface area contributed by atoms with Crippen LogP contribution in [0.15, 0.2) is 29.4 Å². The number of rotatable bonds is 4. The van der Waals surface area contributed by atoms with E-state index in [0.29, 0.717) is 30.0 Å². The number of ether oxygens (including phenoxy) is 2. The number of hydrogen-bond donors (Lipinski definition) is 2. The molecule has 4 rings (SSSR count). The second-order valence-electron chi connectivity index (χ2n) is 6.79. The summed E-state index contributed by atoms with van der Waals surface area (Å²) in [6.45, 7) is 2.04. The number of thioether (sulfide) groups is 1. The normalized spacial score (nSPS) is 18.7. The Morgan fingerprint density at radius 3 is 2.64 bits per heavy atom. The van der Waals surface area contributed by atoms with Crippen LogP contribution in [0.25, 0.3) is 0 Å². The Morgan fingerprint density at radius 2 is 1.86 bits per heavy atom. The summed E-state index contributed by atoms with van der Waals surface area (Å²) in [4.78, 5) is 23.0. The summed E-state index contributed by atoms with van der Waals surface area (Å²) in [5.41, 5.74) is 12.5. The van der Waals surface area contributed by atoms with E-state index < -0.39 is 0 Å². The Bertz CT molecular complexity index is 858. The molecule has 1 fully saturated rings. The van der Waals surface area contributed by atoms with Crippen molar-refractivity contribution in [3.8, 4) is 11.5 Å². The molecule has 1 amide bonds. The maximum Gasteiger partial charge on any atom is 0.233 e. The number of likely N-dealkylation sites (tertiary alicyclic amines) is 1. The van der Waals surface area contributed by atoms with E-state index in [0.717, 1.165) is 42.9 Å². The van der Waals surface area contributed by atoms with E-state index in [1.165, 1.54) is 17.8 Å². The average molecular weight is 401 g/mol. The minimum Gasteiger partial charge on any atom is -0.490 e. The van der Waals surface area contributed by atoms with E-state index in [1.807, 2.05) is 23.1 Å². The summed E-state index contributed by atoms with van der Waals surface area (Å²) in [5, 5.41) is 0.414. The molecule has 0 aliphatic carbocycles. The molecule has 28 heavy (non-hydrogen) atoms. The van der Waals surface area contributed by atoms with Gasteiger partial charge in [0, 0.05) is 19.0 Å². The van der Waals surface area contributed by atoms with E-state index >= 15 is 0 Å². The molecule has 2 aliphatic rings. The van der Waals surface area contributed by atoms with Gasteiger partial charge in [0.15, 0.2) is 16.7 Å². The van der Waals surface area contributed by atoms with E-state index in [-0.39, 0.29) is 17.7 Å². The number of nitrogens with zero attached hydrogens (tertiary/aromatic N) is 3. The summed E-state index contributed by atoms with van der Waals surface area (Å²) in [7, 11) is 0. The number of nitrogen functional groups attached to an aromatic ring is 2. The highest BCUT2D eigenvalue weighted by Crippen LogP contribution is 2.38. The van der Waals surface area contributed by atoms with Crippen molar-refractivity contribution in [3.05, 3.63) is 29.8 Å². The quantitative estimate of drug-likeness (QED) is 0.592. The maximum atomic E-state index is 12.8. The van der Waals surface area contributed by atoms with Crippen molar-refractivity contribution in [1.29, 1.82) is 0 Å². The number of hydrogen-bond acceptors (Lipinski definition) is 8. The second-order valence-corrected chi connectivity index (χ2v) is 7.73. The van der Waals surface area contributed by atoms with Crippen LogP contribution in [0, 0.1) is 0 Å². The van der Waals surface area contributed by atoms with Gasteiger partial charge in [0.25, 0.3) is 0 Å². The fourth-order valence-electron chi connectivity index (χ4n) is 3.53. The average Bonchev–Trinajstić information content (AvgIpc) is 3.04. The van der Waals surface area contributed by atoms with Gasteiger partial charge < -0.3 is 25.8 Å². The largest absolute Gasteiger partial charge is 0.490 e. The van der Waals surface area contributed by atoms with Crippen molar-refractivity contribution in [2.45, 2.75) is 30.5 Å². The van der Waals surface area contributed by atoms with Crippen LogP contribution in [0.3, 0.4) is 0 Å². The third-order valence-corrected chi connectivity index (χ3v) is 5.63. The lowest BCUT2D eigenvalue weighted by Gasteiger charge is -2.25. The zero-order chi connectivity index (χ0) is 19.5. The van der Waals surface area contributed by atoms with Crippen LogP contribution in [-0.4, -0.2) is 46.3 Å². The number of anilines is 2. The summed E-state index contributed by atoms with van der Waals surface area (Å²) in [6.07, 6.45) is 2.76. The number of benzene rings is 1. The van der Waals surface area contributed by atoms with Crippen molar-refractivity contribution < 1.29 is 14.3 Å². The standard InChI is InChI=1S/C19H23N5O3S/c20-16-10-17(21)23-19(22-16)28-11-18(25)24-6-1-3-13(24)12-4-5-14-15(9-12)27-8-2-7-26-14/h4-5,9-10,13H,1-3,6-8,11H2,(H4,20,21,22,23). The molecule has 8 nitrogen and oxygen atoms in total. The first-order chi connectivity index (χ1) is 13.6. The van der Waals surface area contributed by atoms with Gasteiger partial charge in [0.2, 0.25) is 5.91 Å². The lowest BCUT2D eigenvalue weighted by atomic mass is 10.0. The summed E-state index contributed by atoms with van der Waals surface area (Å²) in [6, 6.07) is 7.50. The van der Waals surface area contributed by atoms with Gasteiger partial charge in [-0.15, -0.1) is 0 Å². The molecule has 1 aromatic heterocycles. The zero-order valence-corrected chi connectivity index (χ0v) is 16.3. The molecule has 1 atom stereocenters. The molecular formula is C19H23N5O3S. The highest BCUT2D eigenvalue weighted by molar-refractivity contribution is 7.99. The Kier molecular flexibility index (Phi) is 5.43. The van der Waals surface area contributed by atoms with Gasteiger partial charge in [-0.05, 0) is 30.5 Å². The smallest absolute Gasteiger partial charge is 0.233 e. The SMILES string of the molecule is Nc1cc(N)nc(SCC(=O)N2CCCC2c2ccc3c(c2)OCCCO3)n1. The van der Waals surface area contributed by atoms with Crippen LogP contribution in [0.2, 0.25) is 0 Å². The molecule has 1 aromatic carbocycles. The second kappa shape index (κ2) is 8.14. The fourth-order valence-corrected chi connectivity index (χ4v) is 4.29. The van der Waals surface area contributed by atoms with Crippen molar-refractivity contribution in [2.24, 2.45) is 0 Å². The summed E-state index contributed by atoms with van der Waals surface area (Å²) >= 11 is 1.25. The molecule has 4 N–H and O–H groups in total. The molecule has 9 heteroatoms. The predicted molar refractivity (Wildman–Crippen MR) is 107 cm³/mol. The number of aromatic nitrogens is 2. The third kappa shape index (κ3) is 4.09. The molecule has 0 radical (unpaired) electrons. The first kappa shape index (κ1) is 18.7. The topological polar surface area (TPSA) is 117 Å². The fraction of sp³-hybridized carbons (Fsp3) is 0.421. The van der Waals surface area contributed by atoms with Gasteiger partial charge in [-0.1, -0.05) is 17.8 Å². The highest BCUT2D eigenvalue weighted by Gasteiger charge is 2.30. The molecule has 148 valence electrons. The lowest BCUT2D eigenvalue weighted by molar-refractivity contribution is -0.129. The van der Waals surface area contributed by atoms with Crippen LogP contribution >= 0.6 is 11.8 Å². The van der Waals surface area contributed by atoms with Crippen LogP contribution in [0.4, 0.5) is 11.6 Å². The van der Waals surface area contributed by atoms with Crippen LogP contribution in [0.1, 0.15) is 30.9 Å². The van der Waals surface area contributed by atoms with E-state index in [1.54, 1.807) is 0 Å². The van der Waals surface area contributed by atoms with Crippen molar-refractivity contribution in [2.75, 3.05) is 37.0 Å². The number of nitrogens with two attached hydrogens (primary N) is 2. The summed E-state index contributed by atoms with van der Waals surface area (Å²) in [5.74, 6) is 2.41. The lowest BCUT2D eigenvalue weighted by Crippen LogP contribution is -2.32. The Balaban J connectivity index is 1.45. The number of carbonyl (C=O) groups is 1. The van der Waals surface area contributed by atoms with Crippen LogP contribution < -0.4 is 20.9 Å². The molecule has 3 heterocycles. The van der Waals surface area contributed by atoms with Crippen LogP contribution in [0.5, 0.6) is 11.5 Å². The maximum absolute atomic E-state index is 12.8. The Morgan fingerprint density at radius 1 is 1.11 bits per heavy atom. The number of carbonyl (C=O) groups excluding carboxylic acids is 1. The molecule has 0 bridgehead atoms. The molecule has 0 saturated carbocycles. The molecule has 1 saturated heterocycles.